The van der Waals surface area contributed by atoms with Crippen molar-refractivity contribution in [3.05, 3.63) is 64.7 Å². The first kappa shape index (κ1) is 16.9. The van der Waals surface area contributed by atoms with Crippen LogP contribution in [0.4, 0.5) is 5.69 Å². The third-order valence-corrected chi connectivity index (χ3v) is 4.16. The normalized spacial score (nSPS) is 13.7. The summed E-state index contributed by atoms with van der Waals surface area (Å²) >= 11 is 0. The Morgan fingerprint density at radius 2 is 1.80 bits per heavy atom. The van der Waals surface area contributed by atoms with Crippen molar-refractivity contribution >= 4 is 23.7 Å². The summed E-state index contributed by atoms with van der Waals surface area (Å²) in [6.07, 6.45) is 3.56. The van der Waals surface area contributed by atoms with Crippen molar-refractivity contribution in [1.82, 2.24) is 5.43 Å². The molecule has 3 rings (SSSR count). The van der Waals surface area contributed by atoms with E-state index in [1.165, 1.54) is 5.56 Å². The topological polar surface area (TPSA) is 70.6 Å². The molecule has 25 heavy (non-hydrogen) atoms. The molecule has 1 aliphatic carbocycles. The fourth-order valence-electron chi connectivity index (χ4n) is 2.49. The number of carbonyl (C=O) groups is 2. The first-order chi connectivity index (χ1) is 12.0. The molecule has 2 aromatic carbocycles. The summed E-state index contributed by atoms with van der Waals surface area (Å²) in [6, 6.07) is 12.8. The van der Waals surface area contributed by atoms with Crippen molar-refractivity contribution in [2.45, 2.75) is 26.7 Å². The summed E-state index contributed by atoms with van der Waals surface area (Å²) in [5, 5.41) is 6.86. The zero-order chi connectivity index (χ0) is 17.8. The molecule has 0 saturated heterocycles. The number of nitrogens with one attached hydrogen (secondary N) is 2. The molecule has 2 aromatic rings. The first-order valence-corrected chi connectivity index (χ1v) is 8.34. The van der Waals surface area contributed by atoms with Crippen molar-refractivity contribution in [2.24, 2.45) is 11.0 Å². The Labute approximate surface area is 147 Å². The van der Waals surface area contributed by atoms with Gasteiger partial charge in [0.25, 0.3) is 5.91 Å². The monoisotopic (exact) mass is 335 g/mol. The van der Waals surface area contributed by atoms with Gasteiger partial charge in [0.2, 0.25) is 5.91 Å². The number of amides is 2. The van der Waals surface area contributed by atoms with Crippen molar-refractivity contribution in [3.63, 3.8) is 0 Å². The van der Waals surface area contributed by atoms with Gasteiger partial charge in [-0.3, -0.25) is 9.59 Å². The highest BCUT2D eigenvalue weighted by molar-refractivity contribution is 5.97. The number of hydrogen-bond donors (Lipinski definition) is 2. The third-order valence-electron chi connectivity index (χ3n) is 4.16. The Kier molecular flexibility index (Phi) is 4.93. The first-order valence-electron chi connectivity index (χ1n) is 8.34. The van der Waals surface area contributed by atoms with Gasteiger partial charge in [-0.1, -0.05) is 23.8 Å². The lowest BCUT2D eigenvalue weighted by Crippen LogP contribution is -2.18. The number of hydrogen-bond acceptors (Lipinski definition) is 3. The van der Waals surface area contributed by atoms with Crippen LogP contribution in [0.3, 0.4) is 0 Å². The summed E-state index contributed by atoms with van der Waals surface area (Å²) in [6.45, 7) is 4.04. The molecule has 0 aromatic heterocycles. The van der Waals surface area contributed by atoms with Crippen LogP contribution in [0, 0.1) is 19.8 Å². The molecule has 1 saturated carbocycles. The number of nitrogens with zero attached hydrogens (tertiary/aromatic N) is 1. The van der Waals surface area contributed by atoms with Crippen molar-refractivity contribution in [1.29, 1.82) is 0 Å². The Balaban J connectivity index is 1.57. The van der Waals surface area contributed by atoms with Crippen LogP contribution in [0.5, 0.6) is 0 Å². The van der Waals surface area contributed by atoms with Gasteiger partial charge in [0, 0.05) is 17.2 Å². The fraction of sp³-hybridized carbons (Fsp3) is 0.250. The number of hydrazone groups is 1. The van der Waals surface area contributed by atoms with Gasteiger partial charge in [-0.05, 0) is 62.1 Å². The zero-order valence-corrected chi connectivity index (χ0v) is 14.4. The summed E-state index contributed by atoms with van der Waals surface area (Å²) in [7, 11) is 0. The van der Waals surface area contributed by atoms with E-state index in [0.717, 1.165) is 24.0 Å². The van der Waals surface area contributed by atoms with E-state index >= 15 is 0 Å². The quantitative estimate of drug-likeness (QED) is 0.649. The van der Waals surface area contributed by atoms with E-state index < -0.39 is 0 Å². The van der Waals surface area contributed by atoms with Gasteiger partial charge in [0.1, 0.15) is 0 Å². The van der Waals surface area contributed by atoms with Crippen LogP contribution in [-0.2, 0) is 4.79 Å². The van der Waals surface area contributed by atoms with Crippen molar-refractivity contribution < 1.29 is 9.59 Å². The van der Waals surface area contributed by atoms with Gasteiger partial charge in [-0.15, -0.1) is 0 Å². The Morgan fingerprint density at radius 3 is 2.44 bits per heavy atom. The lowest BCUT2D eigenvalue weighted by molar-refractivity contribution is -0.117. The molecule has 1 aliphatic rings. The highest BCUT2D eigenvalue weighted by atomic mass is 16.2. The zero-order valence-electron chi connectivity index (χ0n) is 14.4. The minimum atomic E-state index is -0.291. The van der Waals surface area contributed by atoms with Crippen LogP contribution in [0.2, 0.25) is 0 Å². The second kappa shape index (κ2) is 7.30. The van der Waals surface area contributed by atoms with Gasteiger partial charge < -0.3 is 5.32 Å². The van der Waals surface area contributed by atoms with E-state index in [1.807, 2.05) is 26.0 Å². The maximum atomic E-state index is 12.1. The maximum absolute atomic E-state index is 12.1. The van der Waals surface area contributed by atoms with Crippen LogP contribution in [0.15, 0.2) is 47.6 Å². The molecule has 1 fully saturated rings. The summed E-state index contributed by atoms with van der Waals surface area (Å²) in [5.74, 6) is -0.0844. The largest absolute Gasteiger partial charge is 0.326 e. The third kappa shape index (κ3) is 4.53. The predicted octanol–water partition coefficient (Wildman–Crippen LogP) is 3.42. The average Bonchev–Trinajstić information content (AvgIpc) is 3.42. The van der Waals surface area contributed by atoms with Crippen molar-refractivity contribution in [3.8, 4) is 0 Å². The van der Waals surface area contributed by atoms with E-state index in [0.29, 0.717) is 11.3 Å². The number of benzene rings is 2. The number of rotatable bonds is 5. The molecule has 0 atom stereocenters. The lowest BCUT2D eigenvalue weighted by Gasteiger charge is -2.05. The lowest BCUT2D eigenvalue weighted by atomic mass is 10.1. The summed E-state index contributed by atoms with van der Waals surface area (Å²) in [5.41, 5.74) is 6.97. The van der Waals surface area contributed by atoms with Crippen molar-refractivity contribution in [2.75, 3.05) is 5.32 Å². The molecule has 0 heterocycles. The fourth-order valence-corrected chi connectivity index (χ4v) is 2.49. The summed E-state index contributed by atoms with van der Waals surface area (Å²) < 4.78 is 0. The van der Waals surface area contributed by atoms with E-state index in [1.54, 1.807) is 30.5 Å². The molecule has 128 valence electrons. The van der Waals surface area contributed by atoms with Crippen LogP contribution < -0.4 is 10.7 Å². The Bertz CT molecular complexity index is 821. The van der Waals surface area contributed by atoms with Crippen LogP contribution in [0.1, 0.15) is 39.9 Å². The van der Waals surface area contributed by atoms with Gasteiger partial charge in [-0.2, -0.15) is 5.10 Å². The molecule has 5 nitrogen and oxygen atoms in total. The maximum Gasteiger partial charge on any atom is 0.271 e. The predicted molar refractivity (Wildman–Crippen MR) is 98.8 cm³/mol. The molecule has 0 unspecified atom stereocenters. The molecule has 5 heteroatoms. The molecule has 0 spiro atoms. The number of carbonyl (C=O) groups excluding carboxylic acids is 2. The van der Waals surface area contributed by atoms with E-state index in [-0.39, 0.29) is 17.7 Å². The Hall–Kier alpha value is -2.95. The number of aryl methyl sites for hydroxylation is 2. The van der Waals surface area contributed by atoms with Crippen LogP contribution in [0.25, 0.3) is 0 Å². The number of anilines is 1. The summed E-state index contributed by atoms with van der Waals surface area (Å²) in [4.78, 5) is 23.8. The van der Waals surface area contributed by atoms with Crippen LogP contribution >= 0.6 is 0 Å². The minimum Gasteiger partial charge on any atom is -0.326 e. The minimum absolute atomic E-state index is 0.0512. The van der Waals surface area contributed by atoms with Gasteiger partial charge in [0.05, 0.1) is 6.21 Å². The highest BCUT2D eigenvalue weighted by Gasteiger charge is 2.29. The second-order valence-corrected chi connectivity index (χ2v) is 6.40. The molecule has 0 bridgehead atoms. The van der Waals surface area contributed by atoms with E-state index in [4.69, 9.17) is 0 Å². The smallest absolute Gasteiger partial charge is 0.271 e. The SMILES string of the molecule is Cc1ccc(C=NNC(=O)c2ccc(NC(=O)C3CC3)cc2)c(C)c1. The second-order valence-electron chi connectivity index (χ2n) is 6.40. The molecule has 2 N–H and O–H groups in total. The average molecular weight is 335 g/mol. The standard InChI is InChI=1S/C20H21N3O2/c1-13-3-4-17(14(2)11-13)12-21-23-20(25)16-7-9-18(10-8-16)22-19(24)15-5-6-15/h3-4,7-12,15H,5-6H2,1-2H3,(H,22,24)(H,23,25). The van der Waals surface area contributed by atoms with E-state index in [9.17, 15) is 9.59 Å². The molecule has 2 amide bonds. The molecular formula is C20H21N3O2. The van der Waals surface area contributed by atoms with Gasteiger partial charge in [0.15, 0.2) is 0 Å². The van der Waals surface area contributed by atoms with Gasteiger partial charge >= 0.3 is 0 Å². The van der Waals surface area contributed by atoms with E-state index in [2.05, 4.69) is 21.9 Å². The highest BCUT2D eigenvalue weighted by Crippen LogP contribution is 2.30. The van der Waals surface area contributed by atoms with Crippen LogP contribution in [-0.4, -0.2) is 18.0 Å². The Morgan fingerprint density at radius 1 is 1.08 bits per heavy atom. The molecule has 0 radical (unpaired) electrons. The molecular weight excluding hydrogens is 314 g/mol. The molecule has 0 aliphatic heterocycles. The van der Waals surface area contributed by atoms with Gasteiger partial charge in [-0.25, -0.2) is 5.43 Å².